The van der Waals surface area contributed by atoms with Crippen molar-refractivity contribution < 1.29 is 13.9 Å². The molecule has 0 atom stereocenters. The Kier molecular flexibility index (Phi) is 3.48. The Bertz CT molecular complexity index is 271. The van der Waals surface area contributed by atoms with Crippen LogP contribution in [0.2, 0.25) is 0 Å². The van der Waals surface area contributed by atoms with Crippen LogP contribution in [0.5, 0.6) is 0 Å². The van der Waals surface area contributed by atoms with Crippen LogP contribution in [-0.4, -0.2) is 21.1 Å². The molecule has 0 aliphatic rings. The van der Waals surface area contributed by atoms with Gasteiger partial charge >= 0.3 is 0 Å². The number of carbonyl (C=O) groups excluding carboxylic acids is 1. The van der Waals surface area contributed by atoms with E-state index in [9.17, 15) is 13.9 Å². The molecular formula is C9H12O3S. The summed E-state index contributed by atoms with van der Waals surface area (Å²) >= 11 is 0. The average molecular weight is 200 g/mol. The van der Waals surface area contributed by atoms with Gasteiger partial charge in [0.05, 0.1) is 11.5 Å². The van der Waals surface area contributed by atoms with Crippen LogP contribution in [0.15, 0.2) is 30.3 Å². The Hall–Kier alpha value is -0.840. The summed E-state index contributed by atoms with van der Waals surface area (Å²) in [4.78, 5) is 10.1. The molecule has 0 saturated carbocycles. The van der Waals surface area contributed by atoms with Crippen molar-refractivity contribution in [3.8, 4) is 0 Å². The highest BCUT2D eigenvalue weighted by atomic mass is 32.3. The number of aldehydes is 1. The number of hydrogen-bond donors (Lipinski definition) is 2. The van der Waals surface area contributed by atoms with Gasteiger partial charge in [0.2, 0.25) is 0 Å². The fraction of sp³-hybridized carbons (Fsp3) is 0.222. The van der Waals surface area contributed by atoms with Crippen LogP contribution in [0.25, 0.3) is 0 Å². The molecule has 0 fully saturated rings. The van der Waals surface area contributed by atoms with E-state index in [1.807, 2.05) is 18.2 Å². The molecule has 2 N–H and O–H groups in total. The van der Waals surface area contributed by atoms with Crippen molar-refractivity contribution in [2.24, 2.45) is 0 Å². The van der Waals surface area contributed by atoms with Crippen molar-refractivity contribution in [2.45, 2.75) is 5.75 Å². The van der Waals surface area contributed by atoms with Crippen LogP contribution >= 0.6 is 10.6 Å². The molecule has 1 aromatic carbocycles. The van der Waals surface area contributed by atoms with Gasteiger partial charge in [-0.05, 0) is 5.56 Å². The van der Waals surface area contributed by atoms with Gasteiger partial charge in [0.25, 0.3) is 0 Å². The number of benzene rings is 1. The molecule has 0 radical (unpaired) electrons. The Balaban J connectivity index is 2.63. The second-order valence-corrected chi connectivity index (χ2v) is 4.99. The van der Waals surface area contributed by atoms with Gasteiger partial charge < -0.3 is 4.79 Å². The van der Waals surface area contributed by atoms with E-state index < -0.39 is 10.6 Å². The molecule has 0 aliphatic heterocycles. The van der Waals surface area contributed by atoms with Crippen LogP contribution in [0.4, 0.5) is 0 Å². The van der Waals surface area contributed by atoms with Gasteiger partial charge in [-0.1, -0.05) is 30.3 Å². The van der Waals surface area contributed by atoms with Gasteiger partial charge in [-0.25, -0.2) is 0 Å². The highest BCUT2D eigenvalue weighted by Crippen LogP contribution is 2.41. The van der Waals surface area contributed by atoms with Crippen molar-refractivity contribution in [1.82, 2.24) is 0 Å². The molecule has 0 spiro atoms. The van der Waals surface area contributed by atoms with Crippen molar-refractivity contribution >= 4 is 16.9 Å². The zero-order valence-electron chi connectivity index (χ0n) is 7.09. The number of hydrogen-bond acceptors (Lipinski definition) is 3. The minimum atomic E-state index is -2.75. The molecule has 4 heteroatoms. The molecule has 0 amide bonds. The third-order valence-corrected chi connectivity index (χ3v) is 3.04. The highest BCUT2D eigenvalue weighted by Gasteiger charge is 2.11. The first-order valence-electron chi connectivity index (χ1n) is 3.85. The van der Waals surface area contributed by atoms with Crippen molar-refractivity contribution in [3.63, 3.8) is 0 Å². The fourth-order valence-electron chi connectivity index (χ4n) is 1.01. The van der Waals surface area contributed by atoms with Crippen LogP contribution in [0.1, 0.15) is 5.56 Å². The summed E-state index contributed by atoms with van der Waals surface area (Å²) in [6, 6.07) is 9.12. The summed E-state index contributed by atoms with van der Waals surface area (Å²) in [7, 11) is -2.75. The van der Waals surface area contributed by atoms with Crippen LogP contribution in [0, 0.1) is 0 Å². The van der Waals surface area contributed by atoms with Crippen molar-refractivity contribution in [3.05, 3.63) is 35.9 Å². The first-order chi connectivity index (χ1) is 6.14. The summed E-state index contributed by atoms with van der Waals surface area (Å²) in [5, 5.41) is 0. The topological polar surface area (TPSA) is 57.5 Å². The molecule has 1 aromatic rings. The summed E-state index contributed by atoms with van der Waals surface area (Å²) in [5.41, 5.74) is 0.837. The quantitative estimate of drug-likeness (QED) is 0.732. The zero-order valence-corrected chi connectivity index (χ0v) is 7.91. The molecule has 0 unspecified atom stereocenters. The Labute approximate surface area is 78.8 Å². The maximum Gasteiger partial charge on any atom is 0.138 e. The van der Waals surface area contributed by atoms with Gasteiger partial charge in [-0.2, -0.15) is 10.6 Å². The molecule has 13 heavy (non-hydrogen) atoms. The van der Waals surface area contributed by atoms with E-state index in [2.05, 4.69) is 0 Å². The number of carbonyl (C=O) groups is 1. The lowest BCUT2D eigenvalue weighted by molar-refractivity contribution is -0.105. The predicted molar refractivity (Wildman–Crippen MR) is 53.9 cm³/mol. The largest absolute Gasteiger partial charge is 0.302 e. The van der Waals surface area contributed by atoms with E-state index >= 15 is 0 Å². The molecule has 1 rings (SSSR count). The summed E-state index contributed by atoms with van der Waals surface area (Å²) in [6.07, 6.45) is 0.540. The molecule has 72 valence electrons. The van der Waals surface area contributed by atoms with Gasteiger partial charge in [0.15, 0.2) is 0 Å². The lowest BCUT2D eigenvalue weighted by Gasteiger charge is -2.29. The van der Waals surface area contributed by atoms with E-state index in [0.29, 0.717) is 6.29 Å². The van der Waals surface area contributed by atoms with Gasteiger partial charge in [0.1, 0.15) is 6.29 Å². The van der Waals surface area contributed by atoms with Gasteiger partial charge in [-0.3, -0.25) is 9.11 Å². The van der Waals surface area contributed by atoms with E-state index in [1.54, 1.807) is 12.1 Å². The Morgan fingerprint density at radius 1 is 1.23 bits per heavy atom. The zero-order chi connectivity index (χ0) is 9.73. The van der Waals surface area contributed by atoms with Gasteiger partial charge in [-0.15, -0.1) is 0 Å². The van der Waals surface area contributed by atoms with E-state index in [0.717, 1.165) is 5.56 Å². The van der Waals surface area contributed by atoms with E-state index in [-0.39, 0.29) is 11.5 Å². The minimum Gasteiger partial charge on any atom is -0.302 e. The second kappa shape index (κ2) is 4.41. The molecule has 3 nitrogen and oxygen atoms in total. The molecule has 0 heterocycles. The first kappa shape index (κ1) is 10.2. The van der Waals surface area contributed by atoms with E-state index in [1.165, 1.54) is 0 Å². The normalized spacial score (nSPS) is 12.5. The summed E-state index contributed by atoms with van der Waals surface area (Å²) in [5.74, 6) is -0.0194. The third-order valence-electron chi connectivity index (χ3n) is 1.58. The van der Waals surface area contributed by atoms with Crippen LogP contribution in [0.3, 0.4) is 0 Å². The minimum absolute atomic E-state index is 0.159. The van der Waals surface area contributed by atoms with Crippen LogP contribution in [-0.2, 0) is 10.5 Å². The van der Waals surface area contributed by atoms with Gasteiger partial charge in [0, 0.05) is 0 Å². The molecule has 0 aliphatic carbocycles. The lowest BCUT2D eigenvalue weighted by Crippen LogP contribution is -2.06. The predicted octanol–water partition coefficient (Wildman–Crippen LogP) is 2.14. The van der Waals surface area contributed by atoms with Crippen molar-refractivity contribution in [2.75, 3.05) is 5.75 Å². The first-order valence-corrected chi connectivity index (χ1v) is 5.74. The standard InChI is InChI=1S/C9H12O3S/c10-6-7-13(11,12)8-9-4-2-1-3-5-9/h1-6,11-12H,7-8H2. The monoisotopic (exact) mass is 200 g/mol. The molecule has 0 saturated heterocycles. The van der Waals surface area contributed by atoms with E-state index in [4.69, 9.17) is 0 Å². The SMILES string of the molecule is O=CCS(O)(O)Cc1ccccc1. The number of rotatable bonds is 4. The lowest BCUT2D eigenvalue weighted by atomic mass is 10.2. The molecule has 0 bridgehead atoms. The van der Waals surface area contributed by atoms with Crippen LogP contribution < -0.4 is 0 Å². The smallest absolute Gasteiger partial charge is 0.138 e. The fourth-order valence-corrected chi connectivity index (χ4v) is 2.07. The summed E-state index contributed by atoms with van der Waals surface area (Å²) in [6.45, 7) is 0. The third kappa shape index (κ3) is 3.59. The maximum absolute atomic E-state index is 10.1. The highest BCUT2D eigenvalue weighted by molar-refractivity contribution is 8.24. The van der Waals surface area contributed by atoms with Crippen molar-refractivity contribution in [1.29, 1.82) is 0 Å². The average Bonchev–Trinajstić information content (AvgIpc) is 2.04. The second-order valence-electron chi connectivity index (χ2n) is 2.77. The maximum atomic E-state index is 10.1. The Morgan fingerprint density at radius 3 is 2.38 bits per heavy atom. The summed E-state index contributed by atoms with van der Waals surface area (Å²) < 4.78 is 18.8. The molecular weight excluding hydrogens is 188 g/mol. The Morgan fingerprint density at radius 2 is 1.85 bits per heavy atom. The molecule has 0 aromatic heterocycles.